The molecule has 0 aromatic rings. The molecule has 1 unspecified atom stereocenters. The smallest absolute Gasteiger partial charge is 0.254 e. The molecule has 0 aromatic carbocycles. The Kier molecular flexibility index (Phi) is 4.22. The average molecular weight is 225 g/mol. The minimum Gasteiger partial charge on any atom is -0.378 e. The number of hydrogen-bond donors (Lipinski definition) is 0. The van der Waals surface area contributed by atoms with Crippen molar-refractivity contribution in [1.82, 2.24) is 0 Å². The molecule has 3 nitrogen and oxygen atoms in total. The molecule has 1 heterocycles. The van der Waals surface area contributed by atoms with Gasteiger partial charge in [-0.25, -0.2) is 8.42 Å². The van der Waals surface area contributed by atoms with E-state index < -0.39 is 9.05 Å². The van der Waals surface area contributed by atoms with Gasteiger partial charge in [-0.2, -0.15) is 0 Å². The number of hydrogen-bond acceptors (Lipinski definition) is 3. The fourth-order valence-electron chi connectivity index (χ4n) is 1.32. The van der Waals surface area contributed by atoms with Crippen molar-refractivity contribution < 1.29 is 13.2 Å². The topological polar surface area (TPSA) is 43.4 Å². The van der Waals surface area contributed by atoms with Gasteiger partial charge in [0, 0.05) is 22.7 Å². The molecule has 1 aliphatic rings. The molecule has 0 N–H and O–H groups in total. The van der Waals surface area contributed by atoms with Gasteiger partial charge >= 0.3 is 0 Å². The van der Waals surface area contributed by atoms with Crippen LogP contribution in [0.5, 0.6) is 0 Å². The van der Waals surface area contributed by atoms with Gasteiger partial charge in [-0.05, 0) is 25.7 Å². The molecule has 0 saturated carbocycles. The Morgan fingerprint density at radius 1 is 1.46 bits per heavy atom. The van der Waals surface area contributed by atoms with E-state index in [0.717, 1.165) is 31.3 Å². The highest BCUT2D eigenvalue weighted by Gasteiger charge is 2.11. The summed E-state index contributed by atoms with van der Waals surface area (Å²) >= 11 is 0. The molecule has 0 aliphatic carbocycles. The molecule has 0 radical (unpaired) electrons. The first-order valence-electron chi connectivity index (χ1n) is 4.31. The van der Waals surface area contributed by atoms with Gasteiger partial charge in [0.15, 0.2) is 0 Å². The third-order valence-electron chi connectivity index (χ3n) is 1.93. The lowest BCUT2D eigenvalue weighted by molar-refractivity contribution is 0.0184. The predicted octanol–water partition coefficient (Wildman–Crippen LogP) is 2.03. The molecule has 76 valence electrons. The van der Waals surface area contributed by atoms with Crippen molar-refractivity contribution in [3.63, 3.8) is 0 Å². The van der Waals surface area contributed by atoms with Gasteiger partial charge in [0.1, 0.15) is 0 Å². The summed E-state index contributed by atoms with van der Waals surface area (Å²) in [5.74, 6) is 0. The standard InChI is InChI=1S/C8H13ClO3S/c9-13(10,11)7-3-5-8-4-1-2-6-12-8/h3,7-8H,1-2,4-6H2/b7-3-. The summed E-state index contributed by atoms with van der Waals surface area (Å²) in [6.45, 7) is 0.784. The first-order valence-corrected chi connectivity index (χ1v) is 6.68. The van der Waals surface area contributed by atoms with E-state index in [9.17, 15) is 8.42 Å². The van der Waals surface area contributed by atoms with Crippen molar-refractivity contribution in [2.45, 2.75) is 31.8 Å². The number of rotatable bonds is 3. The second kappa shape index (κ2) is 4.98. The van der Waals surface area contributed by atoms with Gasteiger partial charge in [-0.3, -0.25) is 0 Å². The molecule has 0 aromatic heterocycles. The van der Waals surface area contributed by atoms with Crippen molar-refractivity contribution in [1.29, 1.82) is 0 Å². The first kappa shape index (κ1) is 11.0. The van der Waals surface area contributed by atoms with E-state index in [-0.39, 0.29) is 6.10 Å². The Bertz CT molecular complexity index is 265. The maximum Gasteiger partial charge on any atom is 0.254 e. The van der Waals surface area contributed by atoms with Gasteiger partial charge in [0.2, 0.25) is 0 Å². The van der Waals surface area contributed by atoms with Crippen LogP contribution in [0.15, 0.2) is 11.5 Å². The fraction of sp³-hybridized carbons (Fsp3) is 0.750. The molecule has 0 amide bonds. The molecule has 0 bridgehead atoms. The zero-order valence-corrected chi connectivity index (χ0v) is 8.85. The molecule has 1 aliphatic heterocycles. The van der Waals surface area contributed by atoms with E-state index in [4.69, 9.17) is 15.4 Å². The maximum atomic E-state index is 10.5. The highest BCUT2D eigenvalue weighted by Crippen LogP contribution is 2.16. The second-order valence-corrected chi connectivity index (χ2v) is 5.59. The molecule has 13 heavy (non-hydrogen) atoms. The van der Waals surface area contributed by atoms with Crippen molar-refractivity contribution in [3.05, 3.63) is 11.5 Å². The van der Waals surface area contributed by atoms with Crippen molar-refractivity contribution in [3.8, 4) is 0 Å². The largest absolute Gasteiger partial charge is 0.378 e. The molecule has 1 fully saturated rings. The van der Waals surface area contributed by atoms with Crippen LogP contribution >= 0.6 is 10.7 Å². The molecular weight excluding hydrogens is 212 g/mol. The van der Waals surface area contributed by atoms with Crippen molar-refractivity contribution >= 4 is 19.7 Å². The van der Waals surface area contributed by atoms with E-state index in [1.165, 1.54) is 0 Å². The van der Waals surface area contributed by atoms with Crippen LogP contribution in [0.1, 0.15) is 25.7 Å². The summed E-state index contributed by atoms with van der Waals surface area (Å²) < 4.78 is 26.4. The Labute approximate surface area is 83.1 Å². The maximum absolute atomic E-state index is 10.5. The van der Waals surface area contributed by atoms with Gasteiger partial charge in [-0.1, -0.05) is 6.08 Å². The lowest BCUT2D eigenvalue weighted by Gasteiger charge is -2.20. The van der Waals surface area contributed by atoms with Gasteiger partial charge in [-0.15, -0.1) is 0 Å². The number of ether oxygens (including phenoxy) is 1. The minimum absolute atomic E-state index is 0.170. The molecule has 5 heteroatoms. The highest BCUT2D eigenvalue weighted by molar-refractivity contribution is 8.16. The molecule has 1 saturated heterocycles. The van der Waals surface area contributed by atoms with Crippen LogP contribution in [-0.2, 0) is 13.8 Å². The van der Waals surface area contributed by atoms with E-state index in [2.05, 4.69) is 0 Å². The van der Waals surface area contributed by atoms with E-state index >= 15 is 0 Å². The minimum atomic E-state index is -3.49. The average Bonchev–Trinajstić information content (AvgIpc) is 2.04. The second-order valence-electron chi connectivity index (χ2n) is 3.07. The van der Waals surface area contributed by atoms with E-state index in [1.54, 1.807) is 6.08 Å². The summed E-state index contributed by atoms with van der Waals surface area (Å²) in [5.41, 5.74) is 0. The Hall–Kier alpha value is -0.0600. The molecule has 1 atom stereocenters. The number of halogens is 1. The zero-order valence-electron chi connectivity index (χ0n) is 7.28. The van der Waals surface area contributed by atoms with Crippen molar-refractivity contribution in [2.24, 2.45) is 0 Å². The third kappa shape index (κ3) is 5.29. The lowest BCUT2D eigenvalue weighted by atomic mass is 10.1. The van der Waals surface area contributed by atoms with Crippen molar-refractivity contribution in [2.75, 3.05) is 6.61 Å². The third-order valence-corrected chi connectivity index (χ3v) is 2.76. The molecule has 1 rings (SSSR count). The zero-order chi connectivity index (χ0) is 9.73. The summed E-state index contributed by atoms with van der Waals surface area (Å²) in [5, 5.41) is 1.02. The normalized spacial score (nSPS) is 25.2. The van der Waals surface area contributed by atoms with Gasteiger partial charge in [0.25, 0.3) is 9.05 Å². The Morgan fingerprint density at radius 2 is 2.23 bits per heavy atom. The van der Waals surface area contributed by atoms with Gasteiger partial charge < -0.3 is 4.74 Å². The van der Waals surface area contributed by atoms with E-state index in [1.807, 2.05) is 0 Å². The highest BCUT2D eigenvalue weighted by atomic mass is 35.7. The van der Waals surface area contributed by atoms with Crippen LogP contribution < -0.4 is 0 Å². The van der Waals surface area contributed by atoms with Crippen LogP contribution in [0.25, 0.3) is 0 Å². The summed E-state index contributed by atoms with van der Waals surface area (Å²) in [6.07, 6.45) is 5.63. The first-order chi connectivity index (χ1) is 6.08. The molecular formula is C8H13ClO3S. The SMILES string of the molecule is O=S(=O)(Cl)/C=C\CC1CCCCO1. The summed E-state index contributed by atoms with van der Waals surface area (Å²) in [4.78, 5) is 0. The summed E-state index contributed by atoms with van der Waals surface area (Å²) in [7, 11) is 1.51. The quantitative estimate of drug-likeness (QED) is 0.689. The van der Waals surface area contributed by atoms with Crippen LogP contribution in [0, 0.1) is 0 Å². The monoisotopic (exact) mass is 224 g/mol. The van der Waals surface area contributed by atoms with Crippen LogP contribution in [0.2, 0.25) is 0 Å². The predicted molar refractivity (Wildman–Crippen MR) is 52.1 cm³/mol. The fourth-order valence-corrected chi connectivity index (χ4v) is 1.87. The van der Waals surface area contributed by atoms with E-state index in [0.29, 0.717) is 6.42 Å². The Balaban J connectivity index is 2.29. The molecule has 0 spiro atoms. The van der Waals surface area contributed by atoms with Crippen LogP contribution in [-0.4, -0.2) is 21.1 Å². The van der Waals surface area contributed by atoms with Crippen LogP contribution in [0.3, 0.4) is 0 Å². The Morgan fingerprint density at radius 3 is 2.77 bits per heavy atom. The summed E-state index contributed by atoms with van der Waals surface area (Å²) in [6, 6.07) is 0. The lowest BCUT2D eigenvalue weighted by Crippen LogP contribution is -2.17. The van der Waals surface area contributed by atoms with Crippen LogP contribution in [0.4, 0.5) is 0 Å². The van der Waals surface area contributed by atoms with Gasteiger partial charge in [0.05, 0.1) is 6.10 Å².